The van der Waals surface area contributed by atoms with Crippen LogP contribution in [0.2, 0.25) is 5.02 Å². The Morgan fingerprint density at radius 3 is 2.13 bits per heavy atom. The zero-order valence-corrected chi connectivity index (χ0v) is 21.7. The van der Waals surface area contributed by atoms with Crippen molar-refractivity contribution in [1.29, 1.82) is 0 Å². The molecule has 38 heavy (non-hydrogen) atoms. The Morgan fingerprint density at radius 2 is 1.37 bits per heavy atom. The van der Waals surface area contributed by atoms with Crippen molar-refractivity contribution in [2.75, 3.05) is 10.0 Å². The molecule has 0 aliphatic carbocycles. The van der Waals surface area contributed by atoms with Crippen LogP contribution in [0.1, 0.15) is 11.1 Å². The third-order valence-corrected chi connectivity index (χ3v) is 7.72. The number of halogens is 1. The molecule has 0 radical (unpaired) electrons. The van der Waals surface area contributed by atoms with Gasteiger partial charge in [-0.3, -0.25) is 9.52 Å². The maximum Gasteiger partial charge on any atom is 0.261 e. The lowest BCUT2D eigenvalue weighted by molar-refractivity contribution is -0.111. The van der Waals surface area contributed by atoms with E-state index in [0.717, 1.165) is 16.3 Å². The predicted octanol–water partition coefficient (Wildman–Crippen LogP) is 7.47. The van der Waals surface area contributed by atoms with Gasteiger partial charge in [-0.25, -0.2) is 8.42 Å². The summed E-state index contributed by atoms with van der Waals surface area (Å²) in [6.07, 6.45) is 1.74. The van der Waals surface area contributed by atoms with Gasteiger partial charge in [-0.2, -0.15) is 0 Å². The predicted molar refractivity (Wildman–Crippen MR) is 156 cm³/mol. The number of nitrogens with one attached hydrogen (secondary N) is 2. The number of benzene rings is 5. The van der Waals surface area contributed by atoms with Crippen LogP contribution in [-0.2, 0) is 14.8 Å². The van der Waals surface area contributed by atoms with Crippen molar-refractivity contribution in [2.24, 2.45) is 0 Å². The fourth-order valence-electron chi connectivity index (χ4n) is 4.08. The largest absolute Gasteiger partial charge is 0.322 e. The van der Waals surface area contributed by atoms with E-state index in [2.05, 4.69) is 10.0 Å². The van der Waals surface area contributed by atoms with Gasteiger partial charge in [0, 0.05) is 21.7 Å². The number of rotatable bonds is 7. The van der Waals surface area contributed by atoms with Crippen molar-refractivity contribution < 1.29 is 13.2 Å². The highest BCUT2D eigenvalue weighted by Gasteiger charge is 2.17. The minimum Gasteiger partial charge on any atom is -0.322 e. The van der Waals surface area contributed by atoms with Crippen LogP contribution >= 0.6 is 11.6 Å². The average molecular weight is 539 g/mol. The molecule has 5 nitrogen and oxygen atoms in total. The van der Waals surface area contributed by atoms with Crippen molar-refractivity contribution >= 4 is 61.3 Å². The summed E-state index contributed by atoms with van der Waals surface area (Å²) in [5.74, 6) is -0.347. The van der Waals surface area contributed by atoms with E-state index in [-0.39, 0.29) is 10.8 Å². The third kappa shape index (κ3) is 5.62. The highest BCUT2D eigenvalue weighted by Crippen LogP contribution is 2.27. The van der Waals surface area contributed by atoms with Gasteiger partial charge >= 0.3 is 0 Å². The fraction of sp³-hybridized carbons (Fsp3) is 0. The number of amides is 1. The molecule has 5 aromatic carbocycles. The van der Waals surface area contributed by atoms with E-state index in [1.54, 1.807) is 36.4 Å². The molecule has 0 aliphatic heterocycles. The zero-order chi connectivity index (χ0) is 26.5. The summed E-state index contributed by atoms with van der Waals surface area (Å²) in [6, 6.07) is 35.6. The standard InChI is InChI=1S/C31H23ClN2O3S/c32-29-15-7-5-12-24(29)21-28(23-9-2-1-3-10-23)31(35)33-25-17-19-26(20-18-25)38(36,37)34-30-16-8-13-22-11-4-6-14-27(22)30/h1-21,34H,(H,33,35)/b28-21+. The third-order valence-electron chi connectivity index (χ3n) is 5.99. The molecule has 1 amide bonds. The number of carbonyl (C=O) groups is 1. The molecule has 0 bridgehead atoms. The minimum atomic E-state index is -3.84. The fourth-order valence-corrected chi connectivity index (χ4v) is 5.35. The molecule has 0 saturated heterocycles. The average Bonchev–Trinajstić information content (AvgIpc) is 2.93. The summed E-state index contributed by atoms with van der Waals surface area (Å²) >= 11 is 6.33. The van der Waals surface area contributed by atoms with Crippen LogP contribution in [0, 0.1) is 0 Å². The number of anilines is 2. The van der Waals surface area contributed by atoms with Crippen molar-refractivity contribution in [3.8, 4) is 0 Å². The highest BCUT2D eigenvalue weighted by atomic mass is 35.5. The van der Waals surface area contributed by atoms with E-state index in [4.69, 9.17) is 11.6 Å². The van der Waals surface area contributed by atoms with Gasteiger partial charge in [0.05, 0.1) is 10.6 Å². The van der Waals surface area contributed by atoms with Crippen LogP contribution in [0.25, 0.3) is 22.4 Å². The van der Waals surface area contributed by atoms with E-state index >= 15 is 0 Å². The van der Waals surface area contributed by atoms with E-state index in [9.17, 15) is 13.2 Å². The van der Waals surface area contributed by atoms with Crippen LogP contribution in [0.3, 0.4) is 0 Å². The summed E-state index contributed by atoms with van der Waals surface area (Å²) in [5, 5.41) is 5.14. The topological polar surface area (TPSA) is 75.3 Å². The Hall–Kier alpha value is -4.39. The normalized spacial score (nSPS) is 11.8. The van der Waals surface area contributed by atoms with Crippen molar-refractivity contribution in [3.05, 3.63) is 137 Å². The summed E-state index contributed by atoms with van der Waals surface area (Å²) in [4.78, 5) is 13.4. The van der Waals surface area contributed by atoms with E-state index in [1.807, 2.05) is 78.9 Å². The molecule has 188 valence electrons. The van der Waals surface area contributed by atoms with Crippen LogP contribution in [-0.4, -0.2) is 14.3 Å². The second kappa shape index (κ2) is 10.9. The number of fused-ring (bicyclic) bond motifs is 1. The maximum atomic E-state index is 13.3. The molecule has 0 aliphatic rings. The molecule has 0 spiro atoms. The molecule has 7 heteroatoms. The number of sulfonamides is 1. The van der Waals surface area contributed by atoms with Gasteiger partial charge in [-0.1, -0.05) is 96.5 Å². The van der Waals surface area contributed by atoms with Crippen LogP contribution in [0.5, 0.6) is 0 Å². The van der Waals surface area contributed by atoms with Gasteiger partial charge in [0.2, 0.25) is 0 Å². The Morgan fingerprint density at radius 1 is 0.711 bits per heavy atom. The van der Waals surface area contributed by atoms with Gasteiger partial charge in [-0.15, -0.1) is 0 Å². The van der Waals surface area contributed by atoms with E-state index in [0.29, 0.717) is 27.5 Å². The molecular weight excluding hydrogens is 516 g/mol. The smallest absolute Gasteiger partial charge is 0.261 e. The zero-order valence-electron chi connectivity index (χ0n) is 20.1. The molecule has 0 fully saturated rings. The number of hydrogen-bond acceptors (Lipinski definition) is 3. The number of hydrogen-bond donors (Lipinski definition) is 2. The lowest BCUT2D eigenvalue weighted by atomic mass is 10.0. The van der Waals surface area contributed by atoms with Gasteiger partial charge in [0.15, 0.2) is 0 Å². The molecule has 0 saturated carbocycles. The Kier molecular flexibility index (Phi) is 7.26. The molecule has 0 aromatic heterocycles. The summed E-state index contributed by atoms with van der Waals surface area (Å²) < 4.78 is 28.8. The van der Waals surface area contributed by atoms with Crippen LogP contribution in [0.4, 0.5) is 11.4 Å². The lowest BCUT2D eigenvalue weighted by Crippen LogP contribution is -2.15. The quantitative estimate of drug-likeness (QED) is 0.167. The van der Waals surface area contributed by atoms with Gasteiger partial charge in [-0.05, 0) is 59.0 Å². The number of carbonyl (C=O) groups excluding carboxylic acids is 1. The van der Waals surface area contributed by atoms with Gasteiger partial charge in [0.25, 0.3) is 15.9 Å². The Balaban J connectivity index is 1.38. The maximum absolute atomic E-state index is 13.3. The molecular formula is C31H23ClN2O3S. The summed E-state index contributed by atoms with van der Waals surface area (Å²) in [6.45, 7) is 0. The summed E-state index contributed by atoms with van der Waals surface area (Å²) in [5.41, 5.74) is 2.82. The molecule has 0 heterocycles. The molecule has 5 rings (SSSR count). The van der Waals surface area contributed by atoms with Crippen molar-refractivity contribution in [1.82, 2.24) is 0 Å². The van der Waals surface area contributed by atoms with E-state index < -0.39 is 10.0 Å². The second-order valence-electron chi connectivity index (χ2n) is 8.56. The van der Waals surface area contributed by atoms with Crippen LogP contribution in [0.15, 0.2) is 126 Å². The van der Waals surface area contributed by atoms with Crippen molar-refractivity contribution in [3.63, 3.8) is 0 Å². The second-order valence-corrected chi connectivity index (χ2v) is 10.6. The molecule has 0 atom stereocenters. The van der Waals surface area contributed by atoms with E-state index in [1.165, 1.54) is 12.1 Å². The van der Waals surface area contributed by atoms with Gasteiger partial charge < -0.3 is 5.32 Å². The molecule has 2 N–H and O–H groups in total. The monoisotopic (exact) mass is 538 g/mol. The molecule has 0 unspecified atom stereocenters. The molecule has 5 aromatic rings. The summed E-state index contributed by atoms with van der Waals surface area (Å²) in [7, 11) is -3.84. The minimum absolute atomic E-state index is 0.0818. The van der Waals surface area contributed by atoms with Gasteiger partial charge in [0.1, 0.15) is 0 Å². The van der Waals surface area contributed by atoms with Crippen molar-refractivity contribution in [2.45, 2.75) is 4.90 Å². The first kappa shape index (κ1) is 25.3. The lowest BCUT2D eigenvalue weighted by Gasteiger charge is -2.13. The SMILES string of the molecule is O=C(Nc1ccc(S(=O)(=O)Nc2cccc3ccccc23)cc1)/C(=C/c1ccccc1Cl)c1ccccc1. The Labute approximate surface area is 226 Å². The first-order valence-electron chi connectivity index (χ1n) is 11.8. The first-order valence-corrected chi connectivity index (χ1v) is 13.7. The Bertz CT molecular complexity index is 1740. The first-order chi connectivity index (χ1) is 18.4. The van der Waals surface area contributed by atoms with Crippen LogP contribution < -0.4 is 10.0 Å². The highest BCUT2D eigenvalue weighted by molar-refractivity contribution is 7.92.